The number of nitrogens with zero attached hydrogens (tertiary/aromatic N) is 3. The molecule has 0 spiro atoms. The predicted octanol–water partition coefficient (Wildman–Crippen LogP) is 4.90. The average molecular weight is 421 g/mol. The fraction of sp³-hybridized carbons (Fsp3) is 0.174. The maximum atomic E-state index is 13.6. The average Bonchev–Trinajstić information content (AvgIpc) is 3.13. The topological polar surface area (TPSA) is 71.8 Å². The Balaban J connectivity index is 1.41. The fourth-order valence-corrected chi connectivity index (χ4v) is 3.27. The van der Waals surface area contributed by atoms with Gasteiger partial charge in [0.1, 0.15) is 23.0 Å². The molecule has 158 valence electrons. The van der Waals surface area contributed by atoms with Gasteiger partial charge in [-0.15, -0.1) is 0 Å². The number of imidazole rings is 1. The van der Waals surface area contributed by atoms with Gasteiger partial charge in [-0.25, -0.2) is 23.5 Å². The van der Waals surface area contributed by atoms with Crippen molar-refractivity contribution in [2.75, 3.05) is 11.9 Å². The van der Waals surface area contributed by atoms with E-state index in [2.05, 4.69) is 20.6 Å². The van der Waals surface area contributed by atoms with Gasteiger partial charge in [0, 0.05) is 30.5 Å². The highest BCUT2D eigenvalue weighted by molar-refractivity contribution is 5.89. The molecule has 0 radical (unpaired) electrons. The Morgan fingerprint density at radius 2 is 1.90 bits per heavy atom. The van der Waals surface area contributed by atoms with Crippen molar-refractivity contribution in [1.82, 2.24) is 19.9 Å². The first-order valence-electron chi connectivity index (χ1n) is 9.89. The summed E-state index contributed by atoms with van der Waals surface area (Å²) in [6.45, 7) is 2.61. The minimum Gasteiger partial charge on any atom is -0.338 e. The van der Waals surface area contributed by atoms with Crippen LogP contribution in [0.25, 0.3) is 22.6 Å². The summed E-state index contributed by atoms with van der Waals surface area (Å²) >= 11 is 0. The number of carbonyl (C=O) groups is 1. The van der Waals surface area contributed by atoms with E-state index in [9.17, 15) is 13.6 Å². The first-order valence-corrected chi connectivity index (χ1v) is 9.89. The highest BCUT2D eigenvalue weighted by Crippen LogP contribution is 2.24. The van der Waals surface area contributed by atoms with Crippen LogP contribution in [0.4, 0.5) is 19.3 Å². The number of anilines is 1. The molecule has 0 aliphatic carbocycles. The Bertz CT molecular complexity index is 1220. The summed E-state index contributed by atoms with van der Waals surface area (Å²) in [7, 11) is 0. The van der Waals surface area contributed by atoms with E-state index in [-0.39, 0.29) is 11.6 Å². The number of nitrogens with one attached hydrogen (secondary N) is 2. The maximum absolute atomic E-state index is 13.6. The lowest BCUT2D eigenvalue weighted by Crippen LogP contribution is -2.30. The summed E-state index contributed by atoms with van der Waals surface area (Å²) in [5, 5.41) is 5.38. The number of urea groups is 1. The molecule has 0 aliphatic rings. The van der Waals surface area contributed by atoms with Crippen molar-refractivity contribution in [2.24, 2.45) is 0 Å². The molecule has 2 heterocycles. The van der Waals surface area contributed by atoms with E-state index in [1.54, 1.807) is 37.4 Å². The van der Waals surface area contributed by atoms with Crippen molar-refractivity contribution in [1.29, 1.82) is 0 Å². The number of aromatic nitrogens is 3. The van der Waals surface area contributed by atoms with E-state index in [1.807, 2.05) is 16.7 Å². The van der Waals surface area contributed by atoms with E-state index in [0.29, 0.717) is 36.6 Å². The van der Waals surface area contributed by atoms with Gasteiger partial charge < -0.3 is 15.2 Å². The molecular weight excluding hydrogens is 400 g/mol. The number of rotatable bonds is 6. The van der Waals surface area contributed by atoms with Crippen LogP contribution in [-0.4, -0.2) is 27.1 Å². The minimum atomic E-state index is -0.407. The summed E-state index contributed by atoms with van der Waals surface area (Å²) in [4.78, 5) is 21.2. The van der Waals surface area contributed by atoms with E-state index < -0.39 is 6.03 Å². The van der Waals surface area contributed by atoms with Crippen LogP contribution in [0.2, 0.25) is 0 Å². The Morgan fingerprint density at radius 3 is 2.68 bits per heavy atom. The molecule has 4 aromatic rings. The molecule has 4 rings (SSSR count). The van der Waals surface area contributed by atoms with E-state index >= 15 is 0 Å². The van der Waals surface area contributed by atoms with Gasteiger partial charge in [-0.3, -0.25) is 0 Å². The lowest BCUT2D eigenvalue weighted by atomic mass is 10.2. The highest BCUT2D eigenvalue weighted by Gasteiger charge is 2.13. The Kier molecular flexibility index (Phi) is 5.88. The largest absolute Gasteiger partial charge is 0.338 e. The minimum absolute atomic E-state index is 0.312. The zero-order valence-electron chi connectivity index (χ0n) is 16.9. The van der Waals surface area contributed by atoms with Crippen LogP contribution < -0.4 is 10.6 Å². The molecule has 0 bridgehead atoms. The molecule has 2 N–H and O–H groups in total. The molecular formula is C23H21F2N5O. The second-order valence-corrected chi connectivity index (χ2v) is 7.14. The number of amides is 2. The van der Waals surface area contributed by atoms with Gasteiger partial charge in [0.05, 0.1) is 0 Å². The molecule has 6 nitrogen and oxygen atoms in total. The SMILES string of the molecule is Cc1ccc(NC(=O)NCCCn2c(-c3ccc(F)cc3)nc3cccnc32)cc1F. The van der Waals surface area contributed by atoms with Crippen molar-refractivity contribution in [3.8, 4) is 11.4 Å². The van der Waals surface area contributed by atoms with E-state index in [0.717, 1.165) is 16.7 Å². The predicted molar refractivity (Wildman–Crippen MR) is 116 cm³/mol. The Labute approximate surface area is 178 Å². The maximum Gasteiger partial charge on any atom is 0.319 e. The molecule has 0 fully saturated rings. The lowest BCUT2D eigenvalue weighted by Gasteiger charge is -2.11. The molecule has 0 saturated heterocycles. The monoisotopic (exact) mass is 421 g/mol. The first-order chi connectivity index (χ1) is 15.0. The number of carbonyl (C=O) groups excluding carboxylic acids is 1. The summed E-state index contributed by atoms with van der Waals surface area (Å²) in [6, 6.07) is 14.0. The van der Waals surface area contributed by atoms with Crippen LogP contribution in [0.5, 0.6) is 0 Å². The lowest BCUT2D eigenvalue weighted by molar-refractivity contribution is 0.252. The molecule has 0 saturated carbocycles. The Morgan fingerprint density at radius 1 is 1.10 bits per heavy atom. The van der Waals surface area contributed by atoms with Gasteiger partial charge >= 0.3 is 6.03 Å². The van der Waals surface area contributed by atoms with E-state index in [1.165, 1.54) is 18.2 Å². The first kappa shape index (κ1) is 20.5. The van der Waals surface area contributed by atoms with Gasteiger partial charge in [0.2, 0.25) is 0 Å². The molecule has 0 unspecified atom stereocenters. The van der Waals surface area contributed by atoms with Gasteiger partial charge in [-0.05, 0) is 67.4 Å². The van der Waals surface area contributed by atoms with Gasteiger partial charge in [-0.1, -0.05) is 6.07 Å². The normalized spacial score (nSPS) is 10.9. The summed E-state index contributed by atoms with van der Waals surface area (Å²) in [5.74, 6) is 0.00657. The molecule has 8 heteroatoms. The number of pyridine rings is 1. The van der Waals surface area contributed by atoms with Crippen LogP contribution in [-0.2, 0) is 6.54 Å². The Hall–Kier alpha value is -3.81. The van der Waals surface area contributed by atoms with Crippen LogP contribution in [0.15, 0.2) is 60.8 Å². The third-order valence-corrected chi connectivity index (χ3v) is 4.88. The van der Waals surface area contributed by atoms with Gasteiger partial charge in [0.15, 0.2) is 5.65 Å². The quantitative estimate of drug-likeness (QED) is 0.435. The number of hydrogen-bond donors (Lipinski definition) is 2. The number of fused-ring (bicyclic) bond motifs is 1. The third-order valence-electron chi connectivity index (χ3n) is 4.88. The van der Waals surface area contributed by atoms with Gasteiger partial charge in [-0.2, -0.15) is 0 Å². The van der Waals surface area contributed by atoms with Crippen molar-refractivity contribution in [3.63, 3.8) is 0 Å². The summed E-state index contributed by atoms with van der Waals surface area (Å²) in [5.41, 5.74) is 3.16. The smallest absolute Gasteiger partial charge is 0.319 e. The number of aryl methyl sites for hydroxylation is 2. The van der Waals surface area contributed by atoms with E-state index in [4.69, 9.17) is 0 Å². The summed E-state index contributed by atoms with van der Waals surface area (Å²) in [6.07, 6.45) is 2.31. The standard InChI is InChI=1S/C23H21F2N5O/c1-15-5-10-18(14-19(15)25)28-23(31)27-12-3-13-30-21(16-6-8-17(24)9-7-16)29-20-4-2-11-26-22(20)30/h2,4-11,14H,3,12-13H2,1H3,(H2,27,28,31). The zero-order valence-corrected chi connectivity index (χ0v) is 16.9. The summed E-state index contributed by atoms with van der Waals surface area (Å²) < 4.78 is 28.9. The highest BCUT2D eigenvalue weighted by atomic mass is 19.1. The third kappa shape index (κ3) is 4.69. The fourth-order valence-electron chi connectivity index (χ4n) is 3.27. The molecule has 0 atom stereocenters. The second kappa shape index (κ2) is 8.91. The molecule has 2 aromatic carbocycles. The number of benzene rings is 2. The zero-order chi connectivity index (χ0) is 21.8. The second-order valence-electron chi connectivity index (χ2n) is 7.14. The van der Waals surface area contributed by atoms with Crippen molar-refractivity contribution in [2.45, 2.75) is 19.9 Å². The van der Waals surface area contributed by atoms with Crippen molar-refractivity contribution in [3.05, 3.63) is 78.0 Å². The molecule has 2 amide bonds. The van der Waals surface area contributed by atoms with Crippen LogP contribution >= 0.6 is 0 Å². The molecule has 31 heavy (non-hydrogen) atoms. The van der Waals surface area contributed by atoms with Crippen LogP contribution in [0.1, 0.15) is 12.0 Å². The van der Waals surface area contributed by atoms with Crippen molar-refractivity contribution < 1.29 is 13.6 Å². The molecule has 0 aliphatic heterocycles. The van der Waals surface area contributed by atoms with Crippen molar-refractivity contribution >= 4 is 22.9 Å². The van der Waals surface area contributed by atoms with Crippen LogP contribution in [0, 0.1) is 18.6 Å². The van der Waals surface area contributed by atoms with Gasteiger partial charge in [0.25, 0.3) is 0 Å². The van der Waals surface area contributed by atoms with Crippen LogP contribution in [0.3, 0.4) is 0 Å². The molecule has 2 aromatic heterocycles. The number of halogens is 2. The number of hydrogen-bond acceptors (Lipinski definition) is 3.